The largest absolute Gasteiger partial charge is 0.438 e. The Hall–Kier alpha value is -2.48. The molecule has 0 unspecified atom stereocenters. The fraction of sp³-hybridized carbons (Fsp3) is 0.586. The van der Waals surface area contributed by atoms with Gasteiger partial charge in [-0.1, -0.05) is 70.2 Å². The van der Waals surface area contributed by atoms with Crippen molar-refractivity contribution in [1.29, 1.82) is 0 Å². The molecule has 0 radical (unpaired) electrons. The summed E-state index contributed by atoms with van der Waals surface area (Å²) < 4.78 is 5.90. The van der Waals surface area contributed by atoms with Crippen LogP contribution in [0.3, 0.4) is 0 Å². The van der Waals surface area contributed by atoms with E-state index in [-0.39, 0.29) is 23.2 Å². The molecule has 196 valence electrons. The summed E-state index contributed by atoms with van der Waals surface area (Å²) in [6, 6.07) is 9.45. The predicted octanol–water partition coefficient (Wildman–Crippen LogP) is 3.48. The van der Waals surface area contributed by atoms with E-state index < -0.39 is 47.3 Å². The zero-order valence-electron chi connectivity index (χ0n) is 22.1. The van der Waals surface area contributed by atoms with Crippen LogP contribution in [0.1, 0.15) is 46.6 Å². The molecular weight excluding hydrogens is 458 g/mol. The lowest BCUT2D eigenvalue weighted by molar-refractivity contribution is -0.190. The summed E-state index contributed by atoms with van der Waals surface area (Å²) in [4.78, 5) is 29.0. The summed E-state index contributed by atoms with van der Waals surface area (Å²) in [5.74, 6) is -1.03. The van der Waals surface area contributed by atoms with E-state index >= 15 is 0 Å². The van der Waals surface area contributed by atoms with Crippen molar-refractivity contribution in [2.75, 3.05) is 13.7 Å². The van der Waals surface area contributed by atoms with E-state index in [9.17, 15) is 24.9 Å². The number of hydrogen-bond donors (Lipinski definition) is 3. The maximum Gasteiger partial charge on any atom is 0.410 e. The summed E-state index contributed by atoms with van der Waals surface area (Å²) in [5.41, 5.74) is -2.48. The maximum absolute atomic E-state index is 14.4. The first-order chi connectivity index (χ1) is 16.8. The number of aliphatic hydroxyl groups is 3. The van der Waals surface area contributed by atoms with Gasteiger partial charge in [-0.05, 0) is 47.3 Å². The van der Waals surface area contributed by atoms with Crippen molar-refractivity contribution in [3.8, 4) is 0 Å². The third-order valence-electron chi connectivity index (χ3n) is 9.30. The number of ether oxygens (including phenoxy) is 1. The van der Waals surface area contributed by atoms with Crippen LogP contribution >= 0.6 is 0 Å². The van der Waals surface area contributed by atoms with Gasteiger partial charge in [0.2, 0.25) is 0 Å². The first-order valence-electron chi connectivity index (χ1n) is 12.7. The fourth-order valence-electron chi connectivity index (χ4n) is 6.77. The van der Waals surface area contributed by atoms with Crippen LogP contribution in [0.2, 0.25) is 0 Å². The molecule has 7 heteroatoms. The number of hydrogen-bond acceptors (Lipinski definition) is 6. The summed E-state index contributed by atoms with van der Waals surface area (Å²) in [5, 5.41) is 34.3. The van der Waals surface area contributed by atoms with Gasteiger partial charge < -0.3 is 25.0 Å². The van der Waals surface area contributed by atoms with Gasteiger partial charge in [-0.15, -0.1) is 0 Å². The van der Waals surface area contributed by atoms with Crippen molar-refractivity contribution in [2.45, 2.75) is 65.4 Å². The zero-order valence-corrected chi connectivity index (χ0v) is 22.1. The highest BCUT2D eigenvalue weighted by Gasteiger charge is 2.73. The van der Waals surface area contributed by atoms with Gasteiger partial charge in [0.25, 0.3) is 0 Å². The van der Waals surface area contributed by atoms with Crippen molar-refractivity contribution in [2.24, 2.45) is 28.6 Å². The van der Waals surface area contributed by atoms with Crippen LogP contribution in [0.5, 0.6) is 0 Å². The van der Waals surface area contributed by atoms with Gasteiger partial charge in [0.05, 0.1) is 12.0 Å². The smallest absolute Gasteiger partial charge is 0.410 e. The molecule has 0 saturated heterocycles. The summed E-state index contributed by atoms with van der Waals surface area (Å²) >= 11 is 0. The average Bonchev–Trinajstić information content (AvgIpc) is 3.00. The van der Waals surface area contributed by atoms with Gasteiger partial charge in [-0.2, -0.15) is 0 Å². The number of allylic oxidation sites excluding steroid dienone is 1. The Morgan fingerprint density at radius 2 is 1.81 bits per heavy atom. The molecule has 7 nitrogen and oxygen atoms in total. The van der Waals surface area contributed by atoms with Crippen LogP contribution in [-0.2, 0) is 16.1 Å². The fourth-order valence-corrected chi connectivity index (χ4v) is 6.77. The van der Waals surface area contributed by atoms with E-state index in [0.29, 0.717) is 18.5 Å². The Morgan fingerprint density at radius 3 is 2.42 bits per heavy atom. The number of ketones is 1. The maximum atomic E-state index is 14.4. The van der Waals surface area contributed by atoms with Gasteiger partial charge in [-0.3, -0.25) is 4.79 Å². The second-order valence-electron chi connectivity index (χ2n) is 11.7. The quantitative estimate of drug-likeness (QED) is 0.550. The molecule has 3 aliphatic carbocycles. The van der Waals surface area contributed by atoms with Gasteiger partial charge in [0, 0.05) is 19.5 Å². The predicted molar refractivity (Wildman–Crippen MR) is 136 cm³/mol. The minimum Gasteiger partial charge on any atom is -0.438 e. The first-order valence-corrected chi connectivity index (χ1v) is 12.7. The number of nitrogens with zero attached hydrogens (tertiary/aromatic N) is 1. The van der Waals surface area contributed by atoms with Crippen molar-refractivity contribution < 1.29 is 29.6 Å². The Kier molecular flexibility index (Phi) is 6.73. The minimum atomic E-state index is -2.15. The number of carbonyl (C=O) groups excluding carboxylic acids is 2. The summed E-state index contributed by atoms with van der Waals surface area (Å²) in [7, 11) is 1.60. The van der Waals surface area contributed by atoms with Gasteiger partial charge in [-0.25, -0.2) is 4.79 Å². The lowest BCUT2D eigenvalue weighted by Crippen LogP contribution is -2.66. The lowest BCUT2D eigenvalue weighted by Gasteiger charge is -2.48. The minimum absolute atomic E-state index is 0.129. The molecule has 3 aliphatic rings. The molecule has 0 heterocycles. The molecule has 1 aromatic carbocycles. The average molecular weight is 498 g/mol. The van der Waals surface area contributed by atoms with Crippen molar-refractivity contribution in [3.63, 3.8) is 0 Å². The van der Waals surface area contributed by atoms with Crippen LogP contribution in [0.25, 0.3) is 0 Å². The summed E-state index contributed by atoms with van der Waals surface area (Å²) in [6.07, 6.45) is 0.498. The van der Waals surface area contributed by atoms with E-state index in [1.165, 1.54) is 4.90 Å². The lowest BCUT2D eigenvalue weighted by atomic mass is 9.59. The van der Waals surface area contributed by atoms with Crippen molar-refractivity contribution in [1.82, 2.24) is 4.90 Å². The van der Waals surface area contributed by atoms with Crippen LogP contribution in [0.15, 0.2) is 53.6 Å². The molecule has 2 bridgehead atoms. The van der Waals surface area contributed by atoms with E-state index in [0.717, 1.165) is 5.56 Å². The number of aliphatic hydroxyl groups excluding tert-OH is 2. The zero-order chi connectivity index (χ0) is 26.6. The SMILES string of the molecule is CC1=C[C@]23C(=O)[C@@H](C=C(CO)[C@@H](O)[C@]2(O)[C@H]1OC(=O)N(C)Cc1ccccc1)C(C)(C)[C@@H](C)C[C@H]3C. The Bertz CT molecular complexity index is 1090. The second-order valence-corrected chi connectivity index (χ2v) is 11.7. The number of amides is 1. The Labute approximate surface area is 213 Å². The van der Waals surface area contributed by atoms with E-state index in [1.54, 1.807) is 26.1 Å². The normalized spacial score (nSPS) is 37.2. The standard InChI is InChI=1S/C29H39NO6/c1-17-14-28-19(3)12-18(2)27(4,5)22(24(28)33)13-21(16-31)23(32)29(28,35)25(17)36-26(34)30(6)15-20-10-8-7-9-11-20/h7-11,13-14,18-19,22-23,25,31-32,35H,12,15-16H2,1-6H3/t18-,19+,22+,23+,25-,28-,29-/m0/s1. The number of carbonyl (C=O) groups is 2. The van der Waals surface area contributed by atoms with Crippen LogP contribution in [-0.4, -0.2) is 63.6 Å². The van der Waals surface area contributed by atoms with Crippen molar-refractivity contribution in [3.05, 3.63) is 59.2 Å². The molecule has 1 fully saturated rings. The second kappa shape index (κ2) is 9.12. The molecule has 7 atom stereocenters. The summed E-state index contributed by atoms with van der Waals surface area (Å²) in [6.45, 7) is 9.57. The topological polar surface area (TPSA) is 107 Å². The van der Waals surface area contributed by atoms with E-state index in [2.05, 4.69) is 6.92 Å². The first kappa shape index (κ1) is 26.6. The van der Waals surface area contributed by atoms with Gasteiger partial charge in [0.15, 0.2) is 17.5 Å². The molecule has 1 amide bonds. The molecular formula is C29H39NO6. The highest BCUT2D eigenvalue weighted by molar-refractivity contribution is 5.95. The van der Waals surface area contributed by atoms with Gasteiger partial charge in [0.1, 0.15) is 6.10 Å². The van der Waals surface area contributed by atoms with Crippen LogP contribution in [0.4, 0.5) is 4.79 Å². The van der Waals surface area contributed by atoms with E-state index in [1.807, 2.05) is 51.1 Å². The number of Topliss-reactive ketones (excluding diaryl/α,β-unsaturated/α-hetero) is 1. The number of benzene rings is 1. The molecule has 1 aromatic rings. The van der Waals surface area contributed by atoms with Crippen LogP contribution in [0, 0.1) is 28.6 Å². The molecule has 1 saturated carbocycles. The third kappa shape index (κ3) is 3.66. The molecule has 0 aromatic heterocycles. The van der Waals surface area contributed by atoms with Crippen molar-refractivity contribution >= 4 is 11.9 Å². The monoisotopic (exact) mass is 497 g/mol. The molecule has 3 N–H and O–H groups in total. The number of fused-ring (bicyclic) bond motifs is 1. The molecule has 0 aliphatic heterocycles. The highest BCUT2D eigenvalue weighted by Crippen LogP contribution is 2.62. The number of rotatable bonds is 4. The highest BCUT2D eigenvalue weighted by atomic mass is 16.6. The van der Waals surface area contributed by atoms with Crippen LogP contribution < -0.4 is 0 Å². The molecule has 36 heavy (non-hydrogen) atoms. The molecule has 1 spiro atoms. The van der Waals surface area contributed by atoms with Gasteiger partial charge >= 0.3 is 6.09 Å². The van der Waals surface area contributed by atoms with E-state index in [4.69, 9.17) is 4.74 Å². The molecule has 4 rings (SSSR count). The third-order valence-corrected chi connectivity index (χ3v) is 9.30. The Balaban J connectivity index is 1.78. The Morgan fingerprint density at radius 1 is 1.17 bits per heavy atom.